The molecule has 34 heavy (non-hydrogen) atoms. The van der Waals surface area contributed by atoms with Crippen molar-refractivity contribution in [1.82, 2.24) is 25.7 Å². The molecule has 8 nitrogen and oxygen atoms in total. The van der Waals surface area contributed by atoms with Crippen LogP contribution in [0.5, 0.6) is 0 Å². The van der Waals surface area contributed by atoms with Gasteiger partial charge in [0.15, 0.2) is 0 Å². The van der Waals surface area contributed by atoms with E-state index in [2.05, 4.69) is 70.1 Å². The first-order chi connectivity index (χ1) is 16.5. The van der Waals surface area contributed by atoms with Crippen LogP contribution in [0.1, 0.15) is 54.4 Å². The van der Waals surface area contributed by atoms with Crippen molar-refractivity contribution in [2.24, 2.45) is 5.92 Å². The molecule has 180 valence electrons. The van der Waals surface area contributed by atoms with Crippen LogP contribution in [0, 0.1) is 5.92 Å². The Bertz CT molecular complexity index is 1060. The summed E-state index contributed by atoms with van der Waals surface area (Å²) in [4.78, 5) is 31.9. The SMILES string of the molecule is CN(C)C(c1ccccc1)C1CCC(NC(=O)CCNC(=O)c2nc(-c3cccs3)no2)CC1. The van der Waals surface area contributed by atoms with E-state index >= 15 is 0 Å². The Kier molecular flexibility index (Phi) is 8.08. The minimum atomic E-state index is -0.473. The van der Waals surface area contributed by atoms with Crippen LogP contribution in [-0.4, -0.2) is 53.5 Å². The predicted molar refractivity (Wildman–Crippen MR) is 131 cm³/mol. The molecule has 0 bridgehead atoms. The Morgan fingerprint density at radius 2 is 1.88 bits per heavy atom. The first-order valence-corrected chi connectivity index (χ1v) is 12.6. The molecule has 9 heteroatoms. The fourth-order valence-electron chi connectivity index (χ4n) is 4.71. The normalized spacial score (nSPS) is 19.0. The number of thiophene rings is 1. The molecule has 0 radical (unpaired) electrons. The highest BCUT2D eigenvalue weighted by Crippen LogP contribution is 2.37. The van der Waals surface area contributed by atoms with Crippen LogP contribution in [0.3, 0.4) is 0 Å². The largest absolute Gasteiger partial charge is 0.353 e. The van der Waals surface area contributed by atoms with Crippen molar-refractivity contribution < 1.29 is 14.1 Å². The van der Waals surface area contributed by atoms with Crippen LogP contribution < -0.4 is 10.6 Å². The summed E-state index contributed by atoms with van der Waals surface area (Å²) in [6.07, 6.45) is 4.29. The zero-order valence-electron chi connectivity index (χ0n) is 19.6. The first kappa shape index (κ1) is 24.1. The molecular formula is C25H31N5O3S. The summed E-state index contributed by atoms with van der Waals surface area (Å²) in [5, 5.41) is 11.5. The Morgan fingerprint density at radius 3 is 2.56 bits per heavy atom. The molecule has 1 fully saturated rings. The number of hydrogen-bond acceptors (Lipinski definition) is 7. The van der Waals surface area contributed by atoms with Crippen molar-refractivity contribution in [2.45, 2.75) is 44.2 Å². The van der Waals surface area contributed by atoms with E-state index in [9.17, 15) is 9.59 Å². The molecule has 3 aromatic rings. The zero-order chi connectivity index (χ0) is 23.9. The van der Waals surface area contributed by atoms with Crippen LogP contribution in [-0.2, 0) is 4.79 Å². The van der Waals surface area contributed by atoms with Crippen LogP contribution in [0.15, 0.2) is 52.4 Å². The van der Waals surface area contributed by atoms with Gasteiger partial charge in [0.05, 0.1) is 4.88 Å². The Labute approximate surface area is 203 Å². The van der Waals surface area contributed by atoms with Crippen LogP contribution in [0.25, 0.3) is 10.7 Å². The van der Waals surface area contributed by atoms with Crippen molar-refractivity contribution in [1.29, 1.82) is 0 Å². The molecule has 2 amide bonds. The number of benzene rings is 1. The molecule has 1 atom stereocenters. The number of nitrogens with zero attached hydrogens (tertiary/aromatic N) is 3. The van der Waals surface area contributed by atoms with Gasteiger partial charge in [0, 0.05) is 25.0 Å². The summed E-state index contributed by atoms with van der Waals surface area (Å²) in [6, 6.07) is 14.9. The third-order valence-electron chi connectivity index (χ3n) is 6.28. The van der Waals surface area contributed by atoms with E-state index in [1.807, 2.05) is 17.5 Å². The lowest BCUT2D eigenvalue weighted by molar-refractivity contribution is -0.122. The third kappa shape index (κ3) is 6.09. The van der Waals surface area contributed by atoms with Crippen LogP contribution in [0.2, 0.25) is 0 Å². The van der Waals surface area contributed by atoms with Crippen molar-refractivity contribution in [3.63, 3.8) is 0 Å². The smallest absolute Gasteiger partial charge is 0.316 e. The summed E-state index contributed by atoms with van der Waals surface area (Å²) in [5.74, 6) is 0.326. The number of amides is 2. The fourth-order valence-corrected chi connectivity index (χ4v) is 5.36. The molecule has 4 rings (SSSR count). The zero-order valence-corrected chi connectivity index (χ0v) is 20.4. The van der Waals surface area contributed by atoms with E-state index in [1.54, 1.807) is 0 Å². The summed E-state index contributed by atoms with van der Waals surface area (Å²) >= 11 is 1.47. The minimum Gasteiger partial charge on any atom is -0.353 e. The number of nitrogens with one attached hydrogen (secondary N) is 2. The van der Waals surface area contributed by atoms with Gasteiger partial charge in [-0.25, -0.2) is 0 Å². The highest BCUT2D eigenvalue weighted by atomic mass is 32.1. The van der Waals surface area contributed by atoms with Crippen molar-refractivity contribution in [2.75, 3.05) is 20.6 Å². The molecule has 2 heterocycles. The summed E-state index contributed by atoms with van der Waals surface area (Å²) < 4.78 is 5.04. The van der Waals surface area contributed by atoms with Gasteiger partial charge in [0.2, 0.25) is 11.7 Å². The van der Waals surface area contributed by atoms with Crippen molar-refractivity contribution in [3.8, 4) is 10.7 Å². The molecule has 1 aromatic carbocycles. The molecule has 1 unspecified atom stereocenters. The fraction of sp³-hybridized carbons (Fsp3) is 0.440. The summed E-state index contributed by atoms with van der Waals surface area (Å²) in [7, 11) is 4.27. The average molecular weight is 482 g/mol. The minimum absolute atomic E-state index is 0.0548. The topological polar surface area (TPSA) is 100 Å². The van der Waals surface area contributed by atoms with E-state index in [4.69, 9.17) is 4.52 Å². The predicted octanol–water partition coefficient (Wildman–Crippen LogP) is 3.90. The Morgan fingerprint density at radius 1 is 1.12 bits per heavy atom. The van der Waals surface area contributed by atoms with Gasteiger partial charge in [0.1, 0.15) is 0 Å². The van der Waals surface area contributed by atoms with Crippen molar-refractivity contribution >= 4 is 23.2 Å². The van der Waals surface area contributed by atoms with Crippen LogP contribution in [0.4, 0.5) is 0 Å². The number of rotatable bonds is 9. The second-order valence-corrected chi connectivity index (χ2v) is 9.85. The second kappa shape index (κ2) is 11.4. The van der Waals surface area contributed by atoms with Gasteiger partial charge in [0.25, 0.3) is 0 Å². The van der Waals surface area contributed by atoms with Gasteiger partial charge >= 0.3 is 11.8 Å². The van der Waals surface area contributed by atoms with Gasteiger partial charge in [-0.1, -0.05) is 41.6 Å². The third-order valence-corrected chi connectivity index (χ3v) is 7.15. The molecule has 1 aliphatic rings. The molecular weight excluding hydrogens is 450 g/mol. The standard InChI is InChI=1S/C25H31N5O3S/c1-30(2)22(17-7-4-3-5-8-17)18-10-12-19(13-11-18)27-21(31)14-15-26-24(32)25-28-23(29-33-25)20-9-6-16-34-20/h3-9,16,18-19,22H,10-15H2,1-2H3,(H,26,32)(H,27,31). The maximum atomic E-state index is 12.4. The maximum absolute atomic E-state index is 12.4. The lowest BCUT2D eigenvalue weighted by Crippen LogP contribution is -2.41. The molecule has 1 saturated carbocycles. The van der Waals surface area contributed by atoms with Crippen molar-refractivity contribution in [3.05, 3.63) is 59.3 Å². The van der Waals surface area contributed by atoms with Gasteiger partial charge in [-0.2, -0.15) is 4.98 Å². The molecule has 2 N–H and O–H groups in total. The molecule has 1 aliphatic carbocycles. The molecule has 0 aliphatic heterocycles. The quantitative estimate of drug-likeness (QED) is 0.481. The van der Waals surface area contributed by atoms with Gasteiger partial charge in [-0.15, -0.1) is 11.3 Å². The van der Waals surface area contributed by atoms with E-state index in [0.29, 0.717) is 17.8 Å². The van der Waals surface area contributed by atoms with Crippen LogP contribution >= 0.6 is 11.3 Å². The van der Waals surface area contributed by atoms with Gasteiger partial charge in [-0.05, 0) is 62.7 Å². The Balaban J connectivity index is 1.18. The van der Waals surface area contributed by atoms with E-state index in [0.717, 1.165) is 30.6 Å². The summed E-state index contributed by atoms with van der Waals surface area (Å²) in [6.45, 7) is 0.216. The number of carbonyl (C=O) groups is 2. The average Bonchev–Trinajstić information content (AvgIpc) is 3.53. The van der Waals surface area contributed by atoms with E-state index in [-0.39, 0.29) is 30.8 Å². The first-order valence-electron chi connectivity index (χ1n) is 11.7. The van der Waals surface area contributed by atoms with E-state index < -0.39 is 5.91 Å². The molecule has 0 spiro atoms. The number of carbonyl (C=O) groups excluding carboxylic acids is 2. The lowest BCUT2D eigenvalue weighted by Gasteiger charge is -2.37. The molecule has 0 saturated heterocycles. The van der Waals surface area contributed by atoms with E-state index in [1.165, 1.54) is 16.9 Å². The highest BCUT2D eigenvalue weighted by molar-refractivity contribution is 7.13. The Hall–Kier alpha value is -3.04. The molecule has 2 aromatic heterocycles. The monoisotopic (exact) mass is 481 g/mol. The van der Waals surface area contributed by atoms with Gasteiger partial charge < -0.3 is 20.1 Å². The summed E-state index contributed by atoms with van der Waals surface area (Å²) in [5.41, 5.74) is 1.35. The lowest BCUT2D eigenvalue weighted by atomic mass is 9.78. The number of hydrogen-bond donors (Lipinski definition) is 2. The highest BCUT2D eigenvalue weighted by Gasteiger charge is 2.30. The van der Waals surface area contributed by atoms with Gasteiger partial charge in [-0.3, -0.25) is 9.59 Å². The maximum Gasteiger partial charge on any atom is 0.316 e. The second-order valence-electron chi connectivity index (χ2n) is 8.90. The number of aromatic nitrogens is 2.